The van der Waals surface area contributed by atoms with Gasteiger partial charge in [0, 0.05) is 16.7 Å². The Morgan fingerprint density at radius 3 is 2.76 bits per heavy atom. The van der Waals surface area contributed by atoms with Crippen molar-refractivity contribution in [2.24, 2.45) is 4.99 Å². The number of terminal acetylenes is 1. The minimum absolute atomic E-state index is 0.145. The van der Waals surface area contributed by atoms with E-state index < -0.39 is 0 Å². The highest BCUT2D eigenvalue weighted by Gasteiger charge is 2.28. The smallest absolute Gasteiger partial charge is 0.181 e. The van der Waals surface area contributed by atoms with Gasteiger partial charge < -0.3 is 4.42 Å². The molecule has 0 amide bonds. The molecule has 1 atom stereocenters. The normalized spacial score (nSPS) is 15.1. The Kier molecular flexibility index (Phi) is 3.92. The lowest BCUT2D eigenvalue weighted by Crippen LogP contribution is -2.09. The van der Waals surface area contributed by atoms with E-state index in [4.69, 9.17) is 15.8 Å². The lowest BCUT2D eigenvalue weighted by molar-refractivity contribution is 0.568. The fourth-order valence-corrected chi connectivity index (χ4v) is 3.87. The van der Waals surface area contributed by atoms with E-state index >= 15 is 0 Å². The molecule has 29 heavy (non-hydrogen) atoms. The van der Waals surface area contributed by atoms with Crippen LogP contribution in [0.3, 0.4) is 0 Å². The molecule has 1 aliphatic heterocycles. The summed E-state index contributed by atoms with van der Waals surface area (Å²) in [6.07, 6.45) is 10.6. The maximum absolute atomic E-state index is 5.70. The predicted octanol–water partition coefficient (Wildman–Crippen LogP) is 4.73. The second-order valence-corrected chi connectivity index (χ2v) is 7.06. The molecule has 2 aromatic heterocycles. The Balaban J connectivity index is 1.83. The summed E-state index contributed by atoms with van der Waals surface area (Å²) in [4.78, 5) is 13.8. The number of hydrogen-bond donors (Lipinski definition) is 0. The molecule has 0 unspecified atom stereocenters. The van der Waals surface area contributed by atoms with Crippen molar-refractivity contribution in [1.29, 1.82) is 0 Å². The first-order valence-corrected chi connectivity index (χ1v) is 9.38. The van der Waals surface area contributed by atoms with E-state index in [2.05, 4.69) is 46.4 Å². The van der Waals surface area contributed by atoms with Crippen LogP contribution >= 0.6 is 0 Å². The van der Waals surface area contributed by atoms with Gasteiger partial charge >= 0.3 is 0 Å². The summed E-state index contributed by atoms with van der Waals surface area (Å²) < 4.78 is 7.60. The molecule has 0 bridgehead atoms. The molecule has 5 nitrogen and oxygen atoms in total. The summed E-state index contributed by atoms with van der Waals surface area (Å²) in [5.74, 6) is 3.37. The molecule has 0 radical (unpaired) electrons. The van der Waals surface area contributed by atoms with Crippen molar-refractivity contribution in [3.8, 4) is 29.5 Å². The molecule has 0 saturated carbocycles. The van der Waals surface area contributed by atoms with Crippen LogP contribution in [0.5, 0.6) is 0 Å². The third kappa shape index (κ3) is 2.69. The van der Waals surface area contributed by atoms with Gasteiger partial charge in [0.15, 0.2) is 12.2 Å². The second kappa shape index (κ2) is 6.61. The number of aliphatic imine (C=N–C) groups is 1. The van der Waals surface area contributed by atoms with E-state index in [0.717, 1.165) is 45.0 Å². The Bertz CT molecular complexity index is 1290. The minimum atomic E-state index is -0.145. The molecule has 0 N–H and O–H groups in total. The van der Waals surface area contributed by atoms with Crippen LogP contribution in [0.15, 0.2) is 70.8 Å². The average Bonchev–Trinajstić information content (AvgIpc) is 3.39. The summed E-state index contributed by atoms with van der Waals surface area (Å²) >= 11 is 0. The van der Waals surface area contributed by atoms with Gasteiger partial charge in [0.05, 0.1) is 29.3 Å². The van der Waals surface area contributed by atoms with E-state index in [0.29, 0.717) is 5.76 Å². The van der Waals surface area contributed by atoms with Crippen molar-refractivity contribution in [2.75, 3.05) is 0 Å². The van der Waals surface area contributed by atoms with E-state index in [1.165, 1.54) is 6.39 Å². The molecule has 1 aliphatic rings. The highest BCUT2D eigenvalue weighted by Crippen LogP contribution is 2.36. The van der Waals surface area contributed by atoms with Crippen LogP contribution in [0.4, 0.5) is 0 Å². The minimum Gasteiger partial charge on any atom is -0.442 e. The average molecular weight is 378 g/mol. The largest absolute Gasteiger partial charge is 0.442 e. The van der Waals surface area contributed by atoms with Crippen molar-refractivity contribution in [3.63, 3.8) is 0 Å². The van der Waals surface area contributed by atoms with Gasteiger partial charge in [-0.2, -0.15) is 0 Å². The molecule has 0 fully saturated rings. The van der Waals surface area contributed by atoms with Crippen molar-refractivity contribution in [3.05, 3.63) is 89.3 Å². The lowest BCUT2D eigenvalue weighted by Gasteiger charge is -2.13. The first-order valence-electron chi connectivity index (χ1n) is 9.38. The Morgan fingerprint density at radius 2 is 2.00 bits per heavy atom. The zero-order valence-corrected chi connectivity index (χ0v) is 16.1. The zero-order chi connectivity index (χ0) is 20.0. The molecular weight excluding hydrogens is 360 g/mol. The van der Waals surface area contributed by atoms with Gasteiger partial charge in [0.2, 0.25) is 0 Å². The molecule has 5 rings (SSSR count). The number of hydrogen-bond acceptors (Lipinski definition) is 4. The summed E-state index contributed by atoms with van der Waals surface area (Å²) in [6.45, 7) is 4.17. The first kappa shape index (κ1) is 17.2. The zero-order valence-electron chi connectivity index (χ0n) is 16.1. The molecule has 2 aromatic carbocycles. The SMILES string of the molecule is C#Cc1ccc2c(c1)C(c1ccccc1C)=N[C@H](C)c1c(-c3cnco3)ncn1-2. The lowest BCUT2D eigenvalue weighted by atomic mass is 9.95. The molecule has 4 aromatic rings. The number of oxazole rings is 1. The van der Waals surface area contributed by atoms with E-state index in [-0.39, 0.29) is 6.04 Å². The Hall–Kier alpha value is -3.91. The van der Waals surface area contributed by atoms with Gasteiger partial charge in [-0.1, -0.05) is 30.2 Å². The summed E-state index contributed by atoms with van der Waals surface area (Å²) in [7, 11) is 0. The van der Waals surface area contributed by atoms with Gasteiger partial charge in [-0.25, -0.2) is 9.97 Å². The number of fused-ring (bicyclic) bond motifs is 3. The maximum atomic E-state index is 5.70. The fraction of sp³-hybridized carbons (Fsp3) is 0.125. The number of imidazole rings is 1. The Morgan fingerprint density at radius 1 is 1.14 bits per heavy atom. The van der Waals surface area contributed by atoms with Crippen molar-refractivity contribution in [2.45, 2.75) is 19.9 Å². The molecule has 5 heteroatoms. The molecule has 0 saturated heterocycles. The van der Waals surface area contributed by atoms with Gasteiger partial charge in [-0.3, -0.25) is 9.56 Å². The summed E-state index contributed by atoms with van der Waals surface area (Å²) in [5, 5.41) is 0. The van der Waals surface area contributed by atoms with Crippen molar-refractivity contribution < 1.29 is 4.42 Å². The number of aryl methyl sites for hydroxylation is 1. The number of benzene rings is 2. The molecule has 0 spiro atoms. The van der Waals surface area contributed by atoms with E-state index in [1.54, 1.807) is 6.20 Å². The first-order chi connectivity index (χ1) is 14.2. The highest BCUT2D eigenvalue weighted by atomic mass is 16.3. The van der Waals surface area contributed by atoms with Crippen LogP contribution in [0.2, 0.25) is 0 Å². The van der Waals surface area contributed by atoms with Crippen LogP contribution in [-0.4, -0.2) is 20.2 Å². The quantitative estimate of drug-likeness (QED) is 0.474. The summed E-state index contributed by atoms with van der Waals surface area (Å²) in [5.41, 5.74) is 7.68. The van der Waals surface area contributed by atoms with Crippen LogP contribution in [0, 0.1) is 19.3 Å². The van der Waals surface area contributed by atoms with Crippen molar-refractivity contribution in [1.82, 2.24) is 14.5 Å². The van der Waals surface area contributed by atoms with Gasteiger partial charge in [0.1, 0.15) is 12.0 Å². The van der Waals surface area contributed by atoms with Crippen LogP contribution in [0.25, 0.3) is 17.1 Å². The maximum Gasteiger partial charge on any atom is 0.181 e. The van der Waals surface area contributed by atoms with E-state index in [1.807, 2.05) is 36.7 Å². The molecule has 3 heterocycles. The number of rotatable bonds is 2. The monoisotopic (exact) mass is 378 g/mol. The van der Waals surface area contributed by atoms with Gasteiger partial charge in [-0.15, -0.1) is 6.42 Å². The number of aromatic nitrogens is 3. The number of nitrogens with zero attached hydrogens (tertiary/aromatic N) is 4. The van der Waals surface area contributed by atoms with E-state index in [9.17, 15) is 0 Å². The third-order valence-corrected chi connectivity index (χ3v) is 5.27. The van der Waals surface area contributed by atoms with Crippen LogP contribution < -0.4 is 0 Å². The highest BCUT2D eigenvalue weighted by molar-refractivity contribution is 6.16. The topological polar surface area (TPSA) is 56.2 Å². The van der Waals surface area contributed by atoms with Crippen LogP contribution in [0.1, 0.15) is 40.9 Å². The Labute approximate surface area is 168 Å². The van der Waals surface area contributed by atoms with Gasteiger partial charge in [-0.05, 0) is 37.6 Å². The molecular formula is C24H18N4O. The van der Waals surface area contributed by atoms with Gasteiger partial charge in [0.25, 0.3) is 0 Å². The third-order valence-electron chi connectivity index (χ3n) is 5.27. The molecule has 0 aliphatic carbocycles. The standard InChI is InChI=1S/C24H18N4O/c1-4-17-9-10-20-19(11-17)22(18-8-6-5-7-15(18)2)27-16(3)24-23(26-13-28(20)24)21-12-25-14-29-21/h1,5-14,16H,2-3H3/t16-/m1/s1. The fourth-order valence-electron chi connectivity index (χ4n) is 3.87. The second-order valence-electron chi connectivity index (χ2n) is 7.06. The summed E-state index contributed by atoms with van der Waals surface area (Å²) in [6, 6.07) is 14.1. The van der Waals surface area contributed by atoms with Crippen LogP contribution in [-0.2, 0) is 0 Å². The molecule has 140 valence electrons. The van der Waals surface area contributed by atoms with Crippen molar-refractivity contribution >= 4 is 5.71 Å². The predicted molar refractivity (Wildman–Crippen MR) is 112 cm³/mol.